The zero-order chi connectivity index (χ0) is 23.6. The van der Waals surface area contributed by atoms with Crippen molar-refractivity contribution in [2.24, 2.45) is 5.10 Å². The molecule has 0 spiro atoms. The van der Waals surface area contributed by atoms with E-state index in [4.69, 9.17) is 25.8 Å². The number of carbonyl (C=O) groups is 2. The molecule has 0 aliphatic rings. The highest BCUT2D eigenvalue weighted by Gasteiger charge is 2.13. The van der Waals surface area contributed by atoms with E-state index < -0.39 is 11.9 Å². The minimum absolute atomic E-state index is 0.258. The number of hydrogen-bond acceptors (Lipinski definition) is 6. The van der Waals surface area contributed by atoms with Crippen LogP contribution in [0.15, 0.2) is 71.8 Å². The van der Waals surface area contributed by atoms with E-state index in [1.807, 2.05) is 6.92 Å². The Kier molecular flexibility index (Phi) is 8.43. The standard InChI is InChI=1S/C25H23ClN2O5/c1-3-13-32-21-10-8-18(9-11-21)25(30)33-22-12-7-17(14-23(22)31-2)16-27-28-24(29)19-5-4-6-20(26)15-19/h4-12,14-16H,3,13H2,1-2H3,(H,28,29)/b27-16-. The molecule has 0 fully saturated rings. The molecule has 170 valence electrons. The predicted octanol–water partition coefficient (Wildman–Crippen LogP) is 5.12. The summed E-state index contributed by atoms with van der Waals surface area (Å²) >= 11 is 5.89. The quantitative estimate of drug-likeness (QED) is 0.205. The molecule has 1 N–H and O–H groups in total. The summed E-state index contributed by atoms with van der Waals surface area (Å²) < 4.78 is 16.3. The first kappa shape index (κ1) is 23.8. The summed E-state index contributed by atoms with van der Waals surface area (Å²) in [5, 5.41) is 4.41. The number of esters is 1. The second kappa shape index (κ2) is 11.7. The maximum absolute atomic E-state index is 12.5. The Morgan fingerprint density at radius 2 is 1.79 bits per heavy atom. The molecular weight excluding hydrogens is 444 g/mol. The molecule has 3 rings (SSSR count). The van der Waals surface area contributed by atoms with Crippen LogP contribution in [0.25, 0.3) is 0 Å². The van der Waals surface area contributed by atoms with Gasteiger partial charge in [0.15, 0.2) is 11.5 Å². The van der Waals surface area contributed by atoms with Gasteiger partial charge in [0.25, 0.3) is 5.91 Å². The van der Waals surface area contributed by atoms with Crippen LogP contribution in [-0.4, -0.2) is 31.8 Å². The van der Waals surface area contributed by atoms with Crippen LogP contribution >= 0.6 is 11.6 Å². The normalized spacial score (nSPS) is 10.6. The number of benzene rings is 3. The van der Waals surface area contributed by atoms with Crippen LogP contribution in [0.4, 0.5) is 0 Å². The number of halogens is 1. The third-order valence-corrected chi connectivity index (χ3v) is 4.65. The van der Waals surface area contributed by atoms with E-state index in [0.29, 0.717) is 39.8 Å². The molecule has 0 aliphatic carbocycles. The Balaban J connectivity index is 1.63. The fourth-order valence-electron chi connectivity index (χ4n) is 2.77. The van der Waals surface area contributed by atoms with Gasteiger partial charge >= 0.3 is 5.97 Å². The molecule has 3 aromatic carbocycles. The fraction of sp³-hybridized carbons (Fsp3) is 0.160. The van der Waals surface area contributed by atoms with Crippen molar-refractivity contribution in [3.8, 4) is 17.2 Å². The van der Waals surface area contributed by atoms with E-state index in [-0.39, 0.29) is 5.75 Å². The number of nitrogens with zero attached hydrogens (tertiary/aromatic N) is 1. The molecule has 3 aromatic rings. The number of methoxy groups -OCH3 is 1. The first-order chi connectivity index (χ1) is 16.0. The van der Waals surface area contributed by atoms with Gasteiger partial charge < -0.3 is 14.2 Å². The average molecular weight is 467 g/mol. The van der Waals surface area contributed by atoms with Gasteiger partial charge in [-0.15, -0.1) is 0 Å². The van der Waals surface area contributed by atoms with E-state index in [9.17, 15) is 9.59 Å². The summed E-state index contributed by atoms with van der Waals surface area (Å²) in [6.07, 6.45) is 2.35. The van der Waals surface area contributed by atoms with E-state index in [1.54, 1.807) is 66.7 Å². The zero-order valence-electron chi connectivity index (χ0n) is 18.2. The Morgan fingerprint density at radius 1 is 1.00 bits per heavy atom. The largest absolute Gasteiger partial charge is 0.494 e. The van der Waals surface area contributed by atoms with Gasteiger partial charge in [0.2, 0.25) is 0 Å². The number of carbonyl (C=O) groups excluding carboxylic acids is 2. The number of hydrazone groups is 1. The highest BCUT2D eigenvalue weighted by Crippen LogP contribution is 2.28. The van der Waals surface area contributed by atoms with E-state index in [2.05, 4.69) is 10.5 Å². The second-order valence-corrected chi connectivity index (χ2v) is 7.32. The second-order valence-electron chi connectivity index (χ2n) is 6.88. The van der Waals surface area contributed by atoms with Crippen molar-refractivity contribution >= 4 is 29.7 Å². The molecule has 0 heterocycles. The summed E-state index contributed by atoms with van der Waals surface area (Å²) in [5.74, 6) is 0.380. The van der Waals surface area contributed by atoms with Crippen molar-refractivity contribution in [3.63, 3.8) is 0 Å². The molecule has 0 saturated heterocycles. The Hall–Kier alpha value is -3.84. The summed E-state index contributed by atoms with van der Waals surface area (Å²) in [5.41, 5.74) is 3.85. The lowest BCUT2D eigenvalue weighted by Gasteiger charge is -2.10. The van der Waals surface area contributed by atoms with Crippen LogP contribution in [0.1, 0.15) is 39.6 Å². The van der Waals surface area contributed by atoms with Crippen LogP contribution in [0, 0.1) is 0 Å². The van der Waals surface area contributed by atoms with Gasteiger partial charge in [-0.1, -0.05) is 24.6 Å². The number of rotatable bonds is 9. The lowest BCUT2D eigenvalue weighted by atomic mass is 10.2. The van der Waals surface area contributed by atoms with Crippen molar-refractivity contribution in [1.82, 2.24) is 5.43 Å². The number of nitrogens with one attached hydrogen (secondary N) is 1. The van der Waals surface area contributed by atoms with Gasteiger partial charge in [0.1, 0.15) is 5.75 Å². The van der Waals surface area contributed by atoms with Crippen molar-refractivity contribution in [3.05, 3.63) is 88.4 Å². The monoisotopic (exact) mass is 466 g/mol. The summed E-state index contributed by atoms with van der Waals surface area (Å²) in [4.78, 5) is 24.6. The lowest BCUT2D eigenvalue weighted by molar-refractivity contribution is 0.0729. The smallest absolute Gasteiger partial charge is 0.343 e. The number of hydrogen-bond donors (Lipinski definition) is 1. The number of ether oxygens (including phenoxy) is 3. The predicted molar refractivity (Wildman–Crippen MR) is 127 cm³/mol. The molecule has 0 radical (unpaired) electrons. The SMILES string of the molecule is CCCOc1ccc(C(=O)Oc2ccc(/C=N\NC(=O)c3cccc(Cl)c3)cc2OC)cc1. The third kappa shape index (κ3) is 6.82. The highest BCUT2D eigenvalue weighted by atomic mass is 35.5. The van der Waals surface area contributed by atoms with Gasteiger partial charge in [0, 0.05) is 10.6 Å². The van der Waals surface area contributed by atoms with Crippen LogP contribution < -0.4 is 19.6 Å². The molecule has 0 aromatic heterocycles. The Morgan fingerprint density at radius 3 is 2.48 bits per heavy atom. The van der Waals surface area contributed by atoms with Crippen molar-refractivity contribution < 1.29 is 23.8 Å². The summed E-state index contributed by atoms with van der Waals surface area (Å²) in [6, 6.07) is 18.2. The lowest BCUT2D eigenvalue weighted by Crippen LogP contribution is -2.17. The van der Waals surface area contributed by atoms with Gasteiger partial charge in [-0.3, -0.25) is 4.79 Å². The minimum Gasteiger partial charge on any atom is -0.494 e. The van der Waals surface area contributed by atoms with Gasteiger partial charge in [-0.25, -0.2) is 10.2 Å². The van der Waals surface area contributed by atoms with Crippen molar-refractivity contribution in [2.75, 3.05) is 13.7 Å². The first-order valence-corrected chi connectivity index (χ1v) is 10.6. The fourth-order valence-corrected chi connectivity index (χ4v) is 2.96. The molecule has 0 aliphatic heterocycles. The van der Waals surface area contributed by atoms with Gasteiger partial charge in [-0.05, 0) is 72.6 Å². The van der Waals surface area contributed by atoms with Crippen molar-refractivity contribution in [2.45, 2.75) is 13.3 Å². The maximum atomic E-state index is 12.5. The zero-order valence-corrected chi connectivity index (χ0v) is 19.0. The molecule has 0 unspecified atom stereocenters. The van der Waals surface area contributed by atoms with E-state index in [1.165, 1.54) is 13.3 Å². The van der Waals surface area contributed by atoms with Gasteiger partial charge in [-0.2, -0.15) is 5.10 Å². The molecule has 33 heavy (non-hydrogen) atoms. The molecular formula is C25H23ClN2O5. The maximum Gasteiger partial charge on any atom is 0.343 e. The minimum atomic E-state index is -0.523. The first-order valence-electron chi connectivity index (χ1n) is 10.2. The third-order valence-electron chi connectivity index (χ3n) is 4.42. The average Bonchev–Trinajstić information content (AvgIpc) is 2.83. The summed E-state index contributed by atoms with van der Waals surface area (Å²) in [6.45, 7) is 2.63. The molecule has 1 amide bonds. The topological polar surface area (TPSA) is 86.2 Å². The van der Waals surface area contributed by atoms with Gasteiger partial charge in [0.05, 0.1) is 25.5 Å². The molecule has 0 bridgehead atoms. The van der Waals surface area contributed by atoms with E-state index in [0.717, 1.165) is 6.42 Å². The van der Waals surface area contributed by atoms with Crippen LogP contribution in [0.2, 0.25) is 5.02 Å². The van der Waals surface area contributed by atoms with Crippen molar-refractivity contribution in [1.29, 1.82) is 0 Å². The summed E-state index contributed by atoms with van der Waals surface area (Å²) in [7, 11) is 1.47. The number of amides is 1. The Labute approximate surface area is 196 Å². The highest BCUT2D eigenvalue weighted by molar-refractivity contribution is 6.30. The Bertz CT molecular complexity index is 1150. The molecule has 7 nitrogen and oxygen atoms in total. The van der Waals surface area contributed by atoms with E-state index >= 15 is 0 Å². The van der Waals surface area contributed by atoms with Crippen LogP contribution in [0.5, 0.6) is 17.2 Å². The van der Waals surface area contributed by atoms with Crippen LogP contribution in [0.3, 0.4) is 0 Å². The molecule has 0 atom stereocenters. The molecule has 8 heteroatoms. The molecule has 0 saturated carbocycles. The van der Waals surface area contributed by atoms with Crippen LogP contribution in [-0.2, 0) is 0 Å².